The molecule has 2 fully saturated rings. The smallest absolute Gasteiger partial charge is 0.153 e. The second-order valence-corrected chi connectivity index (χ2v) is 8.03. The number of aromatic nitrogens is 2. The van der Waals surface area contributed by atoms with Gasteiger partial charge < -0.3 is 14.7 Å². The fourth-order valence-corrected chi connectivity index (χ4v) is 4.45. The van der Waals surface area contributed by atoms with E-state index in [2.05, 4.69) is 16.0 Å². The summed E-state index contributed by atoms with van der Waals surface area (Å²) < 4.78 is 5.62. The summed E-state index contributed by atoms with van der Waals surface area (Å²) in [6, 6.07) is 7.37. The molecule has 2 aliphatic rings. The number of hydrogen-bond donors (Lipinski definition) is 1. The Hall–Kier alpha value is -2.20. The van der Waals surface area contributed by atoms with Crippen LogP contribution in [0.2, 0.25) is 5.02 Å². The van der Waals surface area contributed by atoms with Crippen molar-refractivity contribution in [2.24, 2.45) is 5.41 Å². The van der Waals surface area contributed by atoms with Crippen molar-refractivity contribution in [1.82, 2.24) is 9.97 Å². The molecule has 7 heteroatoms. The Bertz CT molecular complexity index is 925. The van der Waals surface area contributed by atoms with Gasteiger partial charge in [-0.2, -0.15) is 5.26 Å². The van der Waals surface area contributed by atoms with Gasteiger partial charge in [0.15, 0.2) is 5.82 Å². The van der Waals surface area contributed by atoms with E-state index in [1.165, 1.54) is 0 Å². The van der Waals surface area contributed by atoms with Gasteiger partial charge in [0.2, 0.25) is 0 Å². The molecular formula is C21H23ClN4O2. The Morgan fingerprint density at radius 1 is 1.29 bits per heavy atom. The second kappa shape index (κ2) is 7.67. The van der Waals surface area contributed by atoms with Crippen LogP contribution in [0.1, 0.15) is 36.2 Å². The molecule has 0 atom stereocenters. The molecule has 2 aromatic rings. The molecule has 0 radical (unpaired) electrons. The van der Waals surface area contributed by atoms with Crippen LogP contribution in [-0.4, -0.2) is 41.4 Å². The summed E-state index contributed by atoms with van der Waals surface area (Å²) in [4.78, 5) is 11.7. The van der Waals surface area contributed by atoms with E-state index < -0.39 is 0 Å². The molecule has 0 amide bonds. The van der Waals surface area contributed by atoms with Gasteiger partial charge in [-0.1, -0.05) is 23.7 Å². The van der Waals surface area contributed by atoms with Gasteiger partial charge in [-0.25, -0.2) is 9.97 Å². The predicted octanol–water partition coefficient (Wildman–Crippen LogP) is 3.48. The van der Waals surface area contributed by atoms with E-state index in [-0.39, 0.29) is 6.61 Å². The Morgan fingerprint density at radius 3 is 2.71 bits per heavy atom. The third-order valence-electron chi connectivity index (χ3n) is 5.95. The minimum absolute atomic E-state index is 0.198. The molecule has 0 saturated carbocycles. The number of anilines is 1. The highest BCUT2D eigenvalue weighted by Crippen LogP contribution is 2.40. The third kappa shape index (κ3) is 3.35. The summed E-state index contributed by atoms with van der Waals surface area (Å²) >= 11 is 6.39. The number of aliphatic hydroxyl groups is 1. The van der Waals surface area contributed by atoms with Crippen LogP contribution in [0.4, 0.5) is 5.82 Å². The van der Waals surface area contributed by atoms with E-state index in [4.69, 9.17) is 21.3 Å². The molecule has 0 bridgehead atoms. The van der Waals surface area contributed by atoms with Crippen LogP contribution in [0.15, 0.2) is 18.2 Å². The van der Waals surface area contributed by atoms with Crippen molar-refractivity contribution in [3.63, 3.8) is 0 Å². The minimum atomic E-state index is -0.198. The van der Waals surface area contributed by atoms with Crippen LogP contribution < -0.4 is 4.90 Å². The van der Waals surface area contributed by atoms with Crippen LogP contribution in [0.5, 0.6) is 0 Å². The fraction of sp³-hybridized carbons (Fsp3) is 0.476. The number of rotatable bonds is 3. The average molecular weight is 399 g/mol. The summed E-state index contributed by atoms with van der Waals surface area (Å²) in [5.74, 6) is 0.741. The van der Waals surface area contributed by atoms with Crippen LogP contribution in [-0.2, 0) is 11.3 Å². The maximum Gasteiger partial charge on any atom is 0.153 e. The molecule has 6 nitrogen and oxygen atoms in total. The van der Waals surface area contributed by atoms with Crippen molar-refractivity contribution in [3.05, 3.63) is 40.2 Å². The Balaban J connectivity index is 1.66. The molecule has 2 saturated heterocycles. The molecule has 28 heavy (non-hydrogen) atoms. The molecule has 3 heterocycles. The zero-order valence-electron chi connectivity index (χ0n) is 15.9. The van der Waals surface area contributed by atoms with Crippen molar-refractivity contribution in [3.8, 4) is 17.3 Å². The molecule has 0 aliphatic carbocycles. The van der Waals surface area contributed by atoms with Gasteiger partial charge in [-0.3, -0.25) is 0 Å². The maximum atomic E-state index is 9.95. The summed E-state index contributed by atoms with van der Waals surface area (Å²) in [5, 5.41) is 19.5. The Kier molecular flexibility index (Phi) is 5.24. The number of aliphatic hydroxyl groups excluding tert-OH is 1. The number of aryl methyl sites for hydroxylation is 1. The zero-order chi connectivity index (χ0) is 19.7. The van der Waals surface area contributed by atoms with E-state index >= 15 is 0 Å². The maximum absolute atomic E-state index is 9.95. The summed E-state index contributed by atoms with van der Waals surface area (Å²) in [6.07, 6.45) is 3.26. The number of nitriles is 1. The first-order valence-electron chi connectivity index (χ1n) is 9.57. The van der Waals surface area contributed by atoms with Crippen molar-refractivity contribution in [2.45, 2.75) is 32.8 Å². The lowest BCUT2D eigenvalue weighted by molar-refractivity contribution is 0.133. The average Bonchev–Trinajstić information content (AvgIpc) is 3.17. The predicted molar refractivity (Wildman–Crippen MR) is 107 cm³/mol. The first-order chi connectivity index (χ1) is 13.6. The van der Waals surface area contributed by atoms with E-state index in [0.717, 1.165) is 57.1 Å². The molecule has 2 aliphatic heterocycles. The topological polar surface area (TPSA) is 82.3 Å². The van der Waals surface area contributed by atoms with Crippen molar-refractivity contribution in [1.29, 1.82) is 5.26 Å². The summed E-state index contributed by atoms with van der Waals surface area (Å²) in [6.45, 7) is 5.17. The summed E-state index contributed by atoms with van der Waals surface area (Å²) in [7, 11) is 0. The van der Waals surface area contributed by atoms with E-state index in [1.807, 2.05) is 13.0 Å². The van der Waals surface area contributed by atoms with Crippen molar-refractivity contribution in [2.75, 3.05) is 31.2 Å². The molecular weight excluding hydrogens is 376 g/mol. The van der Waals surface area contributed by atoms with Crippen LogP contribution in [0, 0.1) is 23.7 Å². The quantitative estimate of drug-likeness (QED) is 0.852. The van der Waals surface area contributed by atoms with Crippen molar-refractivity contribution >= 4 is 17.4 Å². The SMILES string of the molecule is Cc1nc(N2CCC3(CCOC3)CC2)c(CO)nc1-c1cccc(C#N)c1Cl. The molecule has 1 aromatic carbocycles. The van der Waals surface area contributed by atoms with E-state index in [1.54, 1.807) is 12.1 Å². The molecule has 1 spiro atoms. The lowest BCUT2D eigenvalue weighted by atomic mass is 9.78. The number of ether oxygens (including phenoxy) is 1. The lowest BCUT2D eigenvalue weighted by Gasteiger charge is -2.39. The fourth-order valence-electron chi connectivity index (χ4n) is 4.19. The Morgan fingerprint density at radius 2 is 2.07 bits per heavy atom. The number of piperidine rings is 1. The highest BCUT2D eigenvalue weighted by molar-refractivity contribution is 6.34. The number of halogens is 1. The highest BCUT2D eigenvalue weighted by Gasteiger charge is 2.38. The molecule has 4 rings (SSSR count). The van der Waals surface area contributed by atoms with Gasteiger partial charge in [-0.15, -0.1) is 0 Å². The molecule has 1 N–H and O–H groups in total. The standard InChI is InChI=1S/C21H23ClN4O2/c1-14-19(16-4-2-3-15(11-23)18(16)22)25-17(12-27)20(24-14)26-8-5-21(6-9-26)7-10-28-13-21/h2-4,27H,5-10,12-13H2,1H3. The lowest BCUT2D eigenvalue weighted by Crippen LogP contribution is -2.41. The van der Waals surface area contributed by atoms with Gasteiger partial charge in [0, 0.05) is 25.3 Å². The van der Waals surface area contributed by atoms with Crippen molar-refractivity contribution < 1.29 is 9.84 Å². The number of benzene rings is 1. The molecule has 1 aromatic heterocycles. The van der Waals surface area contributed by atoms with Crippen LogP contribution in [0.3, 0.4) is 0 Å². The molecule has 0 unspecified atom stereocenters. The highest BCUT2D eigenvalue weighted by atomic mass is 35.5. The molecule has 146 valence electrons. The monoisotopic (exact) mass is 398 g/mol. The second-order valence-electron chi connectivity index (χ2n) is 7.65. The van der Waals surface area contributed by atoms with E-state index in [9.17, 15) is 10.4 Å². The Labute approximate surface area is 169 Å². The zero-order valence-corrected chi connectivity index (χ0v) is 16.7. The first-order valence-corrected chi connectivity index (χ1v) is 9.95. The first kappa shape index (κ1) is 19.1. The van der Waals surface area contributed by atoms with E-state index in [0.29, 0.717) is 33.0 Å². The number of hydrogen-bond acceptors (Lipinski definition) is 6. The normalized spacial score (nSPS) is 18.4. The number of nitrogens with zero attached hydrogens (tertiary/aromatic N) is 4. The van der Waals surface area contributed by atoms with Gasteiger partial charge in [0.1, 0.15) is 11.8 Å². The van der Waals surface area contributed by atoms with Gasteiger partial charge in [-0.05, 0) is 37.7 Å². The minimum Gasteiger partial charge on any atom is -0.390 e. The van der Waals surface area contributed by atoms with Crippen LogP contribution in [0.25, 0.3) is 11.3 Å². The summed E-state index contributed by atoms with van der Waals surface area (Å²) in [5.41, 5.74) is 3.24. The van der Waals surface area contributed by atoms with Crippen LogP contribution >= 0.6 is 11.6 Å². The van der Waals surface area contributed by atoms with Gasteiger partial charge >= 0.3 is 0 Å². The largest absolute Gasteiger partial charge is 0.390 e. The third-order valence-corrected chi connectivity index (χ3v) is 6.36. The van der Waals surface area contributed by atoms with Gasteiger partial charge in [0.25, 0.3) is 0 Å². The van der Waals surface area contributed by atoms with Gasteiger partial charge in [0.05, 0.1) is 35.2 Å².